The Morgan fingerprint density at radius 1 is 1.00 bits per heavy atom. The highest BCUT2D eigenvalue weighted by Gasteiger charge is 2.71. The number of benzene rings is 2. The van der Waals surface area contributed by atoms with E-state index >= 15 is 0 Å². The maximum atomic E-state index is 13.2. The molecule has 1 atom stereocenters. The van der Waals surface area contributed by atoms with Crippen molar-refractivity contribution in [3.63, 3.8) is 0 Å². The van der Waals surface area contributed by atoms with Crippen LogP contribution in [-0.4, -0.2) is 54.3 Å². The number of anilines is 1. The molecule has 0 saturated heterocycles. The number of sulfone groups is 1. The number of hydrogen-bond acceptors (Lipinski definition) is 6. The van der Waals surface area contributed by atoms with Crippen LogP contribution in [0.4, 0.5) is 36.8 Å². The molecular formula is C26H28F6N2O5S. The number of halogens is 6. The lowest BCUT2D eigenvalue weighted by Gasteiger charge is -2.32. The largest absolute Gasteiger partial charge is 0.444 e. The van der Waals surface area contributed by atoms with Gasteiger partial charge in [0.05, 0.1) is 22.7 Å². The number of alkyl halides is 6. The van der Waals surface area contributed by atoms with Crippen LogP contribution < -0.4 is 5.32 Å². The third kappa shape index (κ3) is 5.60. The lowest BCUT2D eigenvalue weighted by molar-refractivity contribution is -0.376. The molecule has 0 aromatic heterocycles. The van der Waals surface area contributed by atoms with Gasteiger partial charge >= 0.3 is 18.4 Å². The fourth-order valence-corrected chi connectivity index (χ4v) is 6.22. The number of aliphatic hydroxyl groups is 1. The highest BCUT2D eigenvalue weighted by atomic mass is 32.2. The van der Waals surface area contributed by atoms with E-state index in [0.29, 0.717) is 36.1 Å². The molecule has 220 valence electrons. The second-order valence-electron chi connectivity index (χ2n) is 10.9. The van der Waals surface area contributed by atoms with Crippen molar-refractivity contribution in [2.75, 3.05) is 11.9 Å². The van der Waals surface area contributed by atoms with Gasteiger partial charge in [0.2, 0.25) is 0 Å². The van der Waals surface area contributed by atoms with Crippen LogP contribution in [0.3, 0.4) is 0 Å². The van der Waals surface area contributed by atoms with E-state index in [1.54, 1.807) is 26.8 Å². The van der Waals surface area contributed by atoms with Crippen molar-refractivity contribution in [3.05, 3.63) is 59.2 Å². The summed E-state index contributed by atoms with van der Waals surface area (Å²) >= 11 is 0. The maximum absolute atomic E-state index is 13.2. The van der Waals surface area contributed by atoms with Gasteiger partial charge in [-0.15, -0.1) is 0 Å². The zero-order chi connectivity index (χ0) is 29.9. The number of ether oxygens (including phenoxy) is 1. The van der Waals surface area contributed by atoms with Gasteiger partial charge in [-0.25, -0.2) is 13.2 Å². The van der Waals surface area contributed by atoms with Gasteiger partial charge in [0, 0.05) is 17.8 Å². The van der Waals surface area contributed by atoms with Gasteiger partial charge in [-0.05, 0) is 69.0 Å². The molecule has 14 heteroatoms. The number of rotatable bonds is 6. The summed E-state index contributed by atoms with van der Waals surface area (Å²) in [7, 11) is -3.49. The number of hydrogen-bond donors (Lipinski definition) is 2. The molecule has 1 heterocycles. The maximum Gasteiger partial charge on any atom is 0.430 e. The first-order valence-electron chi connectivity index (χ1n) is 12.3. The summed E-state index contributed by atoms with van der Waals surface area (Å²) in [5.74, 6) is 0. The van der Waals surface area contributed by atoms with Gasteiger partial charge in [0.25, 0.3) is 5.60 Å². The van der Waals surface area contributed by atoms with Gasteiger partial charge in [-0.1, -0.05) is 18.2 Å². The van der Waals surface area contributed by atoms with E-state index in [1.807, 2.05) is 0 Å². The lowest BCUT2D eigenvalue weighted by atomic mass is 9.92. The van der Waals surface area contributed by atoms with Crippen molar-refractivity contribution in [2.24, 2.45) is 0 Å². The molecule has 2 N–H and O–H groups in total. The Bertz CT molecular complexity index is 1370. The molecule has 1 aliphatic heterocycles. The van der Waals surface area contributed by atoms with Crippen LogP contribution in [0.1, 0.15) is 56.3 Å². The summed E-state index contributed by atoms with van der Waals surface area (Å²) in [6, 6.07) is 6.83. The van der Waals surface area contributed by atoms with Crippen molar-refractivity contribution < 1.29 is 49.4 Å². The van der Waals surface area contributed by atoms with E-state index in [1.165, 1.54) is 17.0 Å². The molecule has 0 spiro atoms. The highest BCUT2D eigenvalue weighted by molar-refractivity contribution is 7.92. The van der Waals surface area contributed by atoms with Gasteiger partial charge in [-0.2, -0.15) is 26.3 Å². The molecule has 1 fully saturated rings. The molecule has 1 aliphatic carbocycles. The molecule has 2 aromatic carbocycles. The number of carbonyl (C=O) groups excluding carboxylic acids is 1. The van der Waals surface area contributed by atoms with Crippen LogP contribution >= 0.6 is 0 Å². The number of nitrogens with zero attached hydrogens (tertiary/aromatic N) is 1. The Kier molecular flexibility index (Phi) is 7.36. The quantitative estimate of drug-likeness (QED) is 0.408. The van der Waals surface area contributed by atoms with Crippen molar-refractivity contribution in [3.8, 4) is 0 Å². The summed E-state index contributed by atoms with van der Waals surface area (Å²) < 4.78 is 110. The monoisotopic (exact) mass is 594 g/mol. The first-order valence-corrected chi connectivity index (χ1v) is 13.9. The summed E-state index contributed by atoms with van der Waals surface area (Å²) in [6.07, 6.45) is -11.5. The summed E-state index contributed by atoms with van der Waals surface area (Å²) in [5, 5.41) is 12.1. The first kappa shape index (κ1) is 30.0. The molecule has 40 heavy (non-hydrogen) atoms. The van der Waals surface area contributed by atoms with Crippen molar-refractivity contribution in [1.82, 2.24) is 4.90 Å². The SMILES string of the molecule is CC(C)(C)OC(=O)N1Cc2cc(S(=O)(=O)C3CC3)ccc2C1CNc1ccc(C(O)(C(F)(F)F)C(F)(F)F)cc1. The third-order valence-corrected chi connectivity index (χ3v) is 8.99. The van der Waals surface area contributed by atoms with E-state index < -0.39 is 56.3 Å². The molecular weight excluding hydrogens is 566 g/mol. The van der Waals surface area contributed by atoms with Crippen LogP contribution in [0.5, 0.6) is 0 Å². The van der Waals surface area contributed by atoms with Crippen molar-refractivity contribution in [1.29, 1.82) is 0 Å². The minimum Gasteiger partial charge on any atom is -0.444 e. The van der Waals surface area contributed by atoms with Crippen molar-refractivity contribution >= 4 is 21.6 Å². The third-order valence-electron chi connectivity index (χ3n) is 6.73. The van der Waals surface area contributed by atoms with E-state index in [2.05, 4.69) is 5.32 Å². The first-order chi connectivity index (χ1) is 18.3. The fourth-order valence-electron chi connectivity index (χ4n) is 4.52. The zero-order valence-electron chi connectivity index (χ0n) is 21.7. The Hall–Kier alpha value is -3.00. The highest BCUT2D eigenvalue weighted by Crippen LogP contribution is 2.50. The van der Waals surface area contributed by atoms with Gasteiger partial charge in [0.1, 0.15) is 5.60 Å². The van der Waals surface area contributed by atoms with E-state index in [0.717, 1.165) is 12.1 Å². The molecule has 2 aromatic rings. The summed E-state index contributed by atoms with van der Waals surface area (Å²) in [5.41, 5.74) is -5.96. The standard InChI is InChI=1S/C26H28F6N2O5S/c1-23(2,3)39-22(35)34-14-15-12-19(40(37,38)18-8-9-18)10-11-20(15)21(34)13-33-17-6-4-16(5-7-17)24(36,25(27,28)29)26(30,31)32/h4-7,10-12,18,21,33,36H,8-9,13-14H2,1-3H3. The van der Waals surface area contributed by atoms with Gasteiger partial charge < -0.3 is 15.2 Å². The normalized spacial score (nSPS) is 18.4. The molecule has 1 saturated carbocycles. The van der Waals surface area contributed by atoms with Crippen LogP contribution in [0.15, 0.2) is 47.4 Å². The molecule has 7 nitrogen and oxygen atoms in total. The minimum atomic E-state index is -6.01. The predicted molar refractivity (Wildman–Crippen MR) is 132 cm³/mol. The van der Waals surface area contributed by atoms with Crippen LogP contribution in [0, 0.1) is 0 Å². The summed E-state index contributed by atoms with van der Waals surface area (Å²) in [4.78, 5) is 14.5. The Labute approximate surface area is 227 Å². The number of nitrogens with one attached hydrogen (secondary N) is 1. The van der Waals surface area contributed by atoms with Crippen molar-refractivity contribution in [2.45, 2.75) is 79.9 Å². The lowest BCUT2D eigenvalue weighted by Crippen LogP contribution is -2.53. The Morgan fingerprint density at radius 2 is 1.57 bits per heavy atom. The van der Waals surface area contributed by atoms with E-state index in [-0.39, 0.29) is 23.7 Å². The zero-order valence-corrected chi connectivity index (χ0v) is 22.5. The smallest absolute Gasteiger partial charge is 0.430 e. The molecule has 1 amide bonds. The number of carbonyl (C=O) groups is 1. The second-order valence-corrected chi connectivity index (χ2v) is 13.1. The molecule has 0 bridgehead atoms. The molecule has 1 unspecified atom stereocenters. The topological polar surface area (TPSA) is 95.9 Å². The number of fused-ring (bicyclic) bond motifs is 1. The average molecular weight is 595 g/mol. The average Bonchev–Trinajstić information content (AvgIpc) is 3.62. The van der Waals surface area contributed by atoms with Crippen LogP contribution in [0.2, 0.25) is 0 Å². The van der Waals surface area contributed by atoms with E-state index in [4.69, 9.17) is 4.74 Å². The summed E-state index contributed by atoms with van der Waals surface area (Å²) in [6.45, 7) is 5.03. The van der Waals surface area contributed by atoms with Crippen LogP contribution in [-0.2, 0) is 26.7 Å². The Morgan fingerprint density at radius 3 is 2.08 bits per heavy atom. The second kappa shape index (κ2) is 9.82. The molecule has 4 rings (SSSR count). The molecule has 2 aliphatic rings. The van der Waals surface area contributed by atoms with Gasteiger partial charge in [-0.3, -0.25) is 4.90 Å². The number of amides is 1. The van der Waals surface area contributed by atoms with E-state index in [9.17, 15) is 44.7 Å². The minimum absolute atomic E-state index is 0.0247. The van der Waals surface area contributed by atoms with Crippen LogP contribution in [0.25, 0.3) is 0 Å². The predicted octanol–water partition coefficient (Wildman–Crippen LogP) is 5.84. The van der Waals surface area contributed by atoms with Gasteiger partial charge in [0.15, 0.2) is 9.84 Å². The fraction of sp³-hybridized carbons (Fsp3) is 0.500. The Balaban J connectivity index is 1.60. The molecule has 0 radical (unpaired) electrons.